The lowest BCUT2D eigenvalue weighted by atomic mass is 10.1. The summed E-state index contributed by atoms with van der Waals surface area (Å²) in [5.41, 5.74) is 2.45. The number of nitrogens with one attached hydrogen (secondary N) is 3. The minimum Gasteiger partial charge on any atom is -0.367 e. The summed E-state index contributed by atoms with van der Waals surface area (Å²) >= 11 is 0. The second-order valence-electron chi connectivity index (χ2n) is 7.52. The Hall–Kier alpha value is -2.58. The van der Waals surface area contributed by atoms with E-state index in [0.29, 0.717) is 11.3 Å². The van der Waals surface area contributed by atoms with Crippen molar-refractivity contribution < 1.29 is 13.2 Å². The van der Waals surface area contributed by atoms with E-state index >= 15 is 0 Å². The minimum atomic E-state index is -3.79. The molecule has 156 valence electrons. The van der Waals surface area contributed by atoms with Crippen LogP contribution in [-0.2, 0) is 10.0 Å². The zero-order valence-electron chi connectivity index (χ0n) is 17.0. The van der Waals surface area contributed by atoms with Crippen LogP contribution in [0, 0.1) is 6.92 Å². The molecule has 1 aliphatic rings. The molecule has 3 rings (SSSR count). The first kappa shape index (κ1) is 21.1. The number of hydrogen-bond acceptors (Lipinski definition) is 5. The maximum atomic E-state index is 13.0. The van der Waals surface area contributed by atoms with Gasteiger partial charge in [-0.15, -0.1) is 0 Å². The molecule has 8 heteroatoms. The van der Waals surface area contributed by atoms with Crippen LogP contribution < -0.4 is 20.3 Å². The van der Waals surface area contributed by atoms with Gasteiger partial charge >= 0.3 is 0 Å². The van der Waals surface area contributed by atoms with Crippen LogP contribution in [0.2, 0.25) is 0 Å². The average Bonchev–Trinajstić information content (AvgIpc) is 2.68. The fourth-order valence-electron chi connectivity index (χ4n) is 3.27. The number of rotatable bonds is 6. The summed E-state index contributed by atoms with van der Waals surface area (Å²) < 4.78 is 28.7. The van der Waals surface area contributed by atoms with Gasteiger partial charge in [0.2, 0.25) is 0 Å². The first-order chi connectivity index (χ1) is 13.8. The summed E-state index contributed by atoms with van der Waals surface area (Å²) in [5.74, 6) is -0.233. The lowest BCUT2D eigenvalue weighted by Crippen LogP contribution is -2.43. The predicted octanol–water partition coefficient (Wildman–Crippen LogP) is 2.34. The fourth-order valence-corrected chi connectivity index (χ4v) is 4.44. The van der Waals surface area contributed by atoms with Crippen molar-refractivity contribution in [3.05, 3.63) is 53.6 Å². The van der Waals surface area contributed by atoms with Crippen LogP contribution in [0.5, 0.6) is 0 Å². The Labute approximate surface area is 172 Å². The summed E-state index contributed by atoms with van der Waals surface area (Å²) in [7, 11) is -3.79. The molecule has 0 radical (unpaired) electrons. The Morgan fingerprint density at radius 3 is 2.48 bits per heavy atom. The van der Waals surface area contributed by atoms with Crippen LogP contribution in [0.1, 0.15) is 29.8 Å². The van der Waals surface area contributed by atoms with Crippen LogP contribution in [0.25, 0.3) is 0 Å². The number of aryl methyl sites for hydroxylation is 1. The summed E-state index contributed by atoms with van der Waals surface area (Å²) in [5, 5.41) is 6.14. The first-order valence-corrected chi connectivity index (χ1v) is 11.2. The molecule has 0 aromatic heterocycles. The van der Waals surface area contributed by atoms with E-state index in [-0.39, 0.29) is 16.8 Å². The predicted molar refractivity (Wildman–Crippen MR) is 116 cm³/mol. The maximum absolute atomic E-state index is 13.0. The third-order valence-corrected chi connectivity index (χ3v) is 6.04. The molecular weight excluding hydrogens is 388 g/mol. The van der Waals surface area contributed by atoms with E-state index in [0.717, 1.165) is 37.4 Å². The molecule has 2 aromatic rings. The topological polar surface area (TPSA) is 90.5 Å². The number of amides is 1. The Morgan fingerprint density at radius 1 is 1.10 bits per heavy atom. The van der Waals surface area contributed by atoms with E-state index in [9.17, 15) is 13.2 Å². The highest BCUT2D eigenvalue weighted by atomic mass is 32.2. The van der Waals surface area contributed by atoms with Crippen molar-refractivity contribution in [2.75, 3.05) is 35.8 Å². The van der Waals surface area contributed by atoms with E-state index in [2.05, 4.69) is 20.3 Å². The normalized spacial score (nSPS) is 14.7. The highest BCUT2D eigenvalue weighted by Crippen LogP contribution is 2.30. The monoisotopic (exact) mass is 416 g/mol. The smallest absolute Gasteiger partial charge is 0.261 e. The number of anilines is 2. The van der Waals surface area contributed by atoms with Crippen molar-refractivity contribution in [2.24, 2.45) is 0 Å². The van der Waals surface area contributed by atoms with Crippen LogP contribution >= 0.6 is 0 Å². The Morgan fingerprint density at radius 2 is 1.83 bits per heavy atom. The molecule has 0 spiro atoms. The van der Waals surface area contributed by atoms with Gasteiger partial charge in [-0.1, -0.05) is 12.1 Å². The molecule has 1 amide bonds. The van der Waals surface area contributed by atoms with Gasteiger partial charge in [-0.25, -0.2) is 8.42 Å². The molecule has 29 heavy (non-hydrogen) atoms. The second kappa shape index (κ2) is 8.84. The molecular formula is C21H28N4O3S. The van der Waals surface area contributed by atoms with Gasteiger partial charge in [0, 0.05) is 37.8 Å². The molecule has 7 nitrogen and oxygen atoms in total. The minimum absolute atomic E-state index is 0.0113. The van der Waals surface area contributed by atoms with Crippen molar-refractivity contribution in [2.45, 2.75) is 31.7 Å². The van der Waals surface area contributed by atoms with Gasteiger partial charge < -0.3 is 15.5 Å². The number of nitrogens with zero attached hydrogens (tertiary/aromatic N) is 1. The van der Waals surface area contributed by atoms with E-state index in [1.54, 1.807) is 30.3 Å². The van der Waals surface area contributed by atoms with Crippen molar-refractivity contribution in [3.63, 3.8) is 0 Å². The van der Waals surface area contributed by atoms with Crippen LogP contribution in [0.3, 0.4) is 0 Å². The Kier molecular flexibility index (Phi) is 6.44. The Bertz CT molecular complexity index is 983. The number of benzene rings is 2. The molecule has 3 N–H and O–H groups in total. The largest absolute Gasteiger partial charge is 0.367 e. The van der Waals surface area contributed by atoms with E-state index in [1.807, 2.05) is 32.9 Å². The van der Waals surface area contributed by atoms with E-state index < -0.39 is 10.0 Å². The second-order valence-corrected chi connectivity index (χ2v) is 9.20. The molecule has 0 saturated carbocycles. The van der Waals surface area contributed by atoms with Gasteiger partial charge in [0.15, 0.2) is 0 Å². The first-order valence-electron chi connectivity index (χ1n) is 9.76. The van der Waals surface area contributed by atoms with Crippen molar-refractivity contribution in [1.29, 1.82) is 0 Å². The molecule has 0 atom stereocenters. The fraction of sp³-hybridized carbons (Fsp3) is 0.381. The number of carbonyl (C=O) groups excluding carboxylic acids is 1. The quantitative estimate of drug-likeness (QED) is 0.673. The molecule has 1 heterocycles. The number of carbonyl (C=O) groups is 1. The van der Waals surface area contributed by atoms with Gasteiger partial charge in [-0.05, 0) is 56.7 Å². The van der Waals surface area contributed by atoms with Gasteiger partial charge in [0.25, 0.3) is 15.9 Å². The molecule has 0 aliphatic carbocycles. The summed E-state index contributed by atoms with van der Waals surface area (Å²) in [6, 6.07) is 11.9. The van der Waals surface area contributed by atoms with Gasteiger partial charge in [-0.2, -0.15) is 0 Å². The van der Waals surface area contributed by atoms with E-state index in [1.165, 1.54) is 0 Å². The lowest BCUT2D eigenvalue weighted by Gasteiger charge is -2.31. The maximum Gasteiger partial charge on any atom is 0.261 e. The molecule has 1 fully saturated rings. The average molecular weight is 417 g/mol. The highest BCUT2D eigenvalue weighted by molar-refractivity contribution is 7.92. The molecule has 2 aromatic carbocycles. The van der Waals surface area contributed by atoms with Crippen LogP contribution in [-0.4, -0.2) is 46.5 Å². The molecule has 1 aliphatic heterocycles. The zero-order valence-corrected chi connectivity index (χ0v) is 17.8. The van der Waals surface area contributed by atoms with Crippen molar-refractivity contribution >= 4 is 27.3 Å². The molecule has 0 unspecified atom stereocenters. The SMILES string of the molecule is Cc1cccc(S(=O)(=O)Nc2cc(C(=O)NC(C)C)ccc2N2CCNCC2)c1. The highest BCUT2D eigenvalue weighted by Gasteiger charge is 2.21. The number of hydrogen-bond donors (Lipinski definition) is 3. The molecule has 1 saturated heterocycles. The lowest BCUT2D eigenvalue weighted by molar-refractivity contribution is 0.0943. The molecule has 0 bridgehead atoms. The van der Waals surface area contributed by atoms with Crippen molar-refractivity contribution in [1.82, 2.24) is 10.6 Å². The van der Waals surface area contributed by atoms with E-state index in [4.69, 9.17) is 0 Å². The Balaban J connectivity index is 1.99. The van der Waals surface area contributed by atoms with Gasteiger partial charge in [0.1, 0.15) is 0 Å². The zero-order chi connectivity index (χ0) is 21.0. The van der Waals surface area contributed by atoms with Gasteiger partial charge in [0.05, 0.1) is 16.3 Å². The third-order valence-electron chi connectivity index (χ3n) is 4.68. The third kappa shape index (κ3) is 5.27. The van der Waals surface area contributed by atoms with Gasteiger partial charge in [-0.3, -0.25) is 9.52 Å². The number of piperazine rings is 1. The number of sulfonamides is 1. The summed E-state index contributed by atoms with van der Waals surface area (Å²) in [4.78, 5) is 14.8. The van der Waals surface area contributed by atoms with Crippen molar-refractivity contribution in [3.8, 4) is 0 Å². The summed E-state index contributed by atoms with van der Waals surface area (Å²) in [6.07, 6.45) is 0. The standard InChI is InChI=1S/C21H28N4O3S/c1-15(2)23-21(26)17-7-8-20(25-11-9-22-10-12-25)19(14-17)24-29(27,28)18-6-4-5-16(3)13-18/h4-8,13-15,22,24H,9-12H2,1-3H3,(H,23,26). The van der Waals surface area contributed by atoms with Crippen LogP contribution in [0.4, 0.5) is 11.4 Å². The summed E-state index contributed by atoms with van der Waals surface area (Å²) in [6.45, 7) is 8.78. The van der Waals surface area contributed by atoms with Crippen LogP contribution in [0.15, 0.2) is 47.4 Å².